The van der Waals surface area contributed by atoms with Crippen LogP contribution >= 0.6 is 11.8 Å². The Bertz CT molecular complexity index is 760. The van der Waals surface area contributed by atoms with Crippen LogP contribution in [0.4, 0.5) is 20.7 Å². The van der Waals surface area contributed by atoms with Crippen LogP contribution in [-0.2, 0) is 11.3 Å². The van der Waals surface area contributed by atoms with E-state index in [1.807, 2.05) is 0 Å². The zero-order valence-electron chi connectivity index (χ0n) is 13.6. The number of nitrogen functional groups attached to an aromatic ring is 2. The standard InChI is InChI=1S/C14H16F2N6O3S/c1-24-9-4-7(2-3-8(9)25-11(15)16)5-19-10(23)6-26-14-21-12(17)20-13(18)22-14/h2-4,11H,5-6H2,1H3,(H,19,23)(H4,17,18,20,21,22). The Morgan fingerprint density at radius 1 is 1.23 bits per heavy atom. The van der Waals surface area contributed by atoms with Gasteiger partial charge in [0.2, 0.25) is 17.8 Å². The molecule has 5 N–H and O–H groups in total. The lowest BCUT2D eigenvalue weighted by Gasteiger charge is -2.12. The van der Waals surface area contributed by atoms with Crippen LogP contribution in [0, 0.1) is 0 Å². The third kappa shape index (κ3) is 5.88. The number of aromatic nitrogens is 3. The summed E-state index contributed by atoms with van der Waals surface area (Å²) in [5.74, 6) is -0.260. The zero-order valence-corrected chi connectivity index (χ0v) is 14.4. The number of carbonyl (C=O) groups is 1. The number of carbonyl (C=O) groups excluding carboxylic acids is 1. The fraction of sp³-hybridized carbons (Fsp3) is 0.286. The lowest BCUT2D eigenvalue weighted by atomic mass is 10.2. The molecule has 0 fully saturated rings. The van der Waals surface area contributed by atoms with E-state index < -0.39 is 6.61 Å². The lowest BCUT2D eigenvalue weighted by Crippen LogP contribution is -2.24. The van der Waals surface area contributed by atoms with Crippen LogP contribution in [0.3, 0.4) is 0 Å². The van der Waals surface area contributed by atoms with Gasteiger partial charge in [-0.3, -0.25) is 4.79 Å². The number of rotatable bonds is 8. The van der Waals surface area contributed by atoms with E-state index in [2.05, 4.69) is 25.0 Å². The van der Waals surface area contributed by atoms with E-state index in [1.165, 1.54) is 19.2 Å². The monoisotopic (exact) mass is 386 g/mol. The topological polar surface area (TPSA) is 138 Å². The van der Waals surface area contributed by atoms with E-state index in [0.29, 0.717) is 5.56 Å². The number of halogens is 2. The summed E-state index contributed by atoms with van der Waals surface area (Å²) in [5.41, 5.74) is 11.5. The molecule has 0 aliphatic rings. The van der Waals surface area contributed by atoms with E-state index in [-0.39, 0.29) is 46.8 Å². The number of ether oxygens (including phenoxy) is 2. The molecule has 0 saturated heterocycles. The second-order valence-electron chi connectivity index (χ2n) is 4.76. The zero-order chi connectivity index (χ0) is 19.1. The Morgan fingerprint density at radius 2 is 1.92 bits per heavy atom. The van der Waals surface area contributed by atoms with Crippen molar-refractivity contribution in [3.8, 4) is 11.5 Å². The highest BCUT2D eigenvalue weighted by atomic mass is 32.2. The Kier molecular flexibility index (Phi) is 6.72. The summed E-state index contributed by atoms with van der Waals surface area (Å²) >= 11 is 1.05. The normalized spacial score (nSPS) is 10.6. The van der Waals surface area contributed by atoms with Gasteiger partial charge in [-0.25, -0.2) is 0 Å². The highest BCUT2D eigenvalue weighted by molar-refractivity contribution is 7.99. The molecule has 9 nitrogen and oxygen atoms in total. The third-order valence-electron chi connectivity index (χ3n) is 2.92. The van der Waals surface area contributed by atoms with Crippen molar-refractivity contribution in [1.29, 1.82) is 0 Å². The first-order valence-corrected chi connectivity index (χ1v) is 8.14. The van der Waals surface area contributed by atoms with Crippen molar-refractivity contribution in [2.24, 2.45) is 0 Å². The fourth-order valence-corrected chi connectivity index (χ4v) is 2.53. The van der Waals surface area contributed by atoms with Gasteiger partial charge in [-0.2, -0.15) is 23.7 Å². The average Bonchev–Trinajstić information content (AvgIpc) is 2.57. The molecule has 26 heavy (non-hydrogen) atoms. The number of anilines is 2. The maximum atomic E-state index is 12.3. The number of alkyl halides is 2. The van der Waals surface area contributed by atoms with Gasteiger partial charge in [-0.05, 0) is 17.7 Å². The predicted molar refractivity (Wildman–Crippen MR) is 90.8 cm³/mol. The summed E-state index contributed by atoms with van der Waals surface area (Å²) in [6, 6.07) is 4.39. The summed E-state index contributed by atoms with van der Waals surface area (Å²) in [6.07, 6.45) is 0. The number of nitrogens with one attached hydrogen (secondary N) is 1. The van der Waals surface area contributed by atoms with Crippen LogP contribution in [0.5, 0.6) is 11.5 Å². The van der Waals surface area contributed by atoms with Gasteiger partial charge in [0.05, 0.1) is 12.9 Å². The molecule has 140 valence electrons. The molecule has 0 aliphatic heterocycles. The van der Waals surface area contributed by atoms with Crippen molar-refractivity contribution in [1.82, 2.24) is 20.3 Å². The smallest absolute Gasteiger partial charge is 0.387 e. The van der Waals surface area contributed by atoms with Crippen LogP contribution in [0.2, 0.25) is 0 Å². The van der Waals surface area contributed by atoms with Crippen LogP contribution in [0.15, 0.2) is 23.4 Å². The van der Waals surface area contributed by atoms with Gasteiger partial charge in [-0.15, -0.1) is 0 Å². The molecule has 2 aromatic rings. The first-order valence-electron chi connectivity index (χ1n) is 7.15. The second-order valence-corrected chi connectivity index (χ2v) is 5.71. The van der Waals surface area contributed by atoms with Crippen molar-refractivity contribution in [3.05, 3.63) is 23.8 Å². The summed E-state index contributed by atoms with van der Waals surface area (Å²) in [6.45, 7) is -2.78. The number of methoxy groups -OCH3 is 1. The van der Waals surface area contributed by atoms with Crippen molar-refractivity contribution in [3.63, 3.8) is 0 Å². The molecule has 0 bridgehead atoms. The minimum Gasteiger partial charge on any atom is -0.493 e. The molecule has 0 unspecified atom stereocenters. The number of nitrogens with two attached hydrogens (primary N) is 2. The molecule has 1 aromatic carbocycles. The van der Waals surface area contributed by atoms with Gasteiger partial charge < -0.3 is 26.3 Å². The molecular formula is C14H16F2N6O3S. The van der Waals surface area contributed by atoms with Gasteiger partial charge in [0.1, 0.15) is 0 Å². The maximum absolute atomic E-state index is 12.3. The minimum atomic E-state index is -2.95. The predicted octanol–water partition coefficient (Wildman–Crippen LogP) is 1.05. The first kappa shape index (κ1) is 19.4. The molecule has 0 radical (unpaired) electrons. The van der Waals surface area contributed by atoms with Gasteiger partial charge in [0.15, 0.2) is 16.7 Å². The molecular weight excluding hydrogens is 370 g/mol. The summed E-state index contributed by atoms with van der Waals surface area (Å²) in [5, 5.41) is 2.91. The fourth-order valence-electron chi connectivity index (χ4n) is 1.85. The SMILES string of the molecule is COc1cc(CNC(=O)CSc2nc(N)nc(N)n2)ccc1OC(F)F. The van der Waals surface area contributed by atoms with Gasteiger partial charge in [0.25, 0.3) is 0 Å². The van der Waals surface area contributed by atoms with E-state index in [1.54, 1.807) is 6.07 Å². The number of hydrogen-bond donors (Lipinski definition) is 3. The molecule has 1 aromatic heterocycles. The third-order valence-corrected chi connectivity index (χ3v) is 3.76. The van der Waals surface area contributed by atoms with Crippen LogP contribution in [0.25, 0.3) is 0 Å². The van der Waals surface area contributed by atoms with Gasteiger partial charge in [0, 0.05) is 6.54 Å². The average molecular weight is 386 g/mol. The number of benzene rings is 1. The number of hydrogen-bond acceptors (Lipinski definition) is 9. The van der Waals surface area contributed by atoms with Crippen molar-refractivity contribution >= 4 is 29.6 Å². The van der Waals surface area contributed by atoms with Gasteiger partial charge >= 0.3 is 6.61 Å². The minimum absolute atomic E-state index is 0.0291. The van der Waals surface area contributed by atoms with E-state index in [4.69, 9.17) is 16.2 Å². The first-order chi connectivity index (χ1) is 12.4. The van der Waals surface area contributed by atoms with Crippen LogP contribution in [0.1, 0.15) is 5.56 Å². The number of thioether (sulfide) groups is 1. The van der Waals surface area contributed by atoms with E-state index in [9.17, 15) is 13.6 Å². The Morgan fingerprint density at radius 3 is 2.54 bits per heavy atom. The summed E-state index contributed by atoms with van der Waals surface area (Å²) in [7, 11) is 1.33. The molecule has 0 saturated carbocycles. The highest BCUT2D eigenvalue weighted by Crippen LogP contribution is 2.29. The largest absolute Gasteiger partial charge is 0.493 e. The number of amides is 1. The van der Waals surface area contributed by atoms with Gasteiger partial charge in [-0.1, -0.05) is 17.8 Å². The quantitative estimate of drug-likeness (QED) is 0.568. The Hall–Kier alpha value is -2.89. The summed E-state index contributed by atoms with van der Waals surface area (Å²) in [4.78, 5) is 23.2. The Labute approximate surface area is 151 Å². The highest BCUT2D eigenvalue weighted by Gasteiger charge is 2.12. The summed E-state index contributed by atoms with van der Waals surface area (Å²) < 4.78 is 33.9. The van der Waals surface area contributed by atoms with E-state index >= 15 is 0 Å². The molecule has 0 atom stereocenters. The van der Waals surface area contributed by atoms with Crippen LogP contribution in [-0.4, -0.2) is 40.3 Å². The molecule has 2 rings (SSSR count). The maximum Gasteiger partial charge on any atom is 0.387 e. The molecule has 1 heterocycles. The molecule has 1 amide bonds. The van der Waals surface area contributed by atoms with Crippen molar-refractivity contribution in [2.75, 3.05) is 24.3 Å². The van der Waals surface area contributed by atoms with Crippen molar-refractivity contribution < 1.29 is 23.0 Å². The molecule has 0 aliphatic carbocycles. The number of nitrogens with zero attached hydrogens (tertiary/aromatic N) is 3. The van der Waals surface area contributed by atoms with Crippen molar-refractivity contribution in [2.45, 2.75) is 18.3 Å². The Balaban J connectivity index is 1.88. The van der Waals surface area contributed by atoms with Crippen LogP contribution < -0.4 is 26.3 Å². The lowest BCUT2D eigenvalue weighted by molar-refractivity contribution is -0.118. The van der Waals surface area contributed by atoms with E-state index in [0.717, 1.165) is 11.8 Å². The second kappa shape index (κ2) is 8.99. The molecule has 12 heteroatoms. The molecule has 0 spiro atoms.